The van der Waals surface area contributed by atoms with E-state index < -0.39 is 0 Å². The van der Waals surface area contributed by atoms with Crippen LogP contribution in [-0.2, 0) is 29.0 Å². The first-order valence-electron chi connectivity index (χ1n) is 11.0. The maximum absolute atomic E-state index is 12.5. The summed E-state index contributed by atoms with van der Waals surface area (Å²) >= 11 is 0. The van der Waals surface area contributed by atoms with Crippen LogP contribution in [0.5, 0.6) is 0 Å². The van der Waals surface area contributed by atoms with E-state index in [-0.39, 0.29) is 18.1 Å². The first kappa shape index (κ1) is 19.8. The standard InChI is InChI=1S/C20H34N6O2/c1-16(20(27)21-14-17-6-5-13-28-17)25-11-9-24(10-12-25)15-19-23-22-18-7-3-2-4-8-26(18)19/h16-17H,2-15H2,1H3,(H,21,27)/t16-,17-/m0/s1. The van der Waals surface area contributed by atoms with Gasteiger partial charge in [-0.25, -0.2) is 0 Å². The number of amides is 1. The van der Waals surface area contributed by atoms with Crippen molar-refractivity contribution in [3.63, 3.8) is 0 Å². The summed E-state index contributed by atoms with van der Waals surface area (Å²) in [6, 6.07) is -0.0899. The maximum atomic E-state index is 12.5. The number of nitrogens with zero attached hydrogens (tertiary/aromatic N) is 5. The largest absolute Gasteiger partial charge is 0.376 e. The number of carbonyl (C=O) groups excluding carboxylic acids is 1. The molecule has 0 saturated carbocycles. The molecule has 2 fully saturated rings. The van der Waals surface area contributed by atoms with Crippen LogP contribution in [0.2, 0.25) is 0 Å². The van der Waals surface area contributed by atoms with Crippen LogP contribution in [0.3, 0.4) is 0 Å². The van der Waals surface area contributed by atoms with Crippen LogP contribution in [0.1, 0.15) is 50.7 Å². The second-order valence-corrected chi connectivity index (χ2v) is 8.36. The van der Waals surface area contributed by atoms with Gasteiger partial charge in [-0.1, -0.05) is 6.42 Å². The summed E-state index contributed by atoms with van der Waals surface area (Å²) in [5.41, 5.74) is 0. The molecule has 8 heteroatoms. The fraction of sp³-hybridized carbons (Fsp3) is 0.850. The minimum atomic E-state index is -0.0899. The molecule has 1 amide bonds. The van der Waals surface area contributed by atoms with Crippen molar-refractivity contribution < 1.29 is 9.53 Å². The monoisotopic (exact) mass is 390 g/mol. The van der Waals surface area contributed by atoms with Gasteiger partial charge in [0.15, 0.2) is 0 Å². The van der Waals surface area contributed by atoms with Gasteiger partial charge >= 0.3 is 0 Å². The Morgan fingerprint density at radius 1 is 1.14 bits per heavy atom. The Bertz CT molecular complexity index is 649. The van der Waals surface area contributed by atoms with E-state index in [0.29, 0.717) is 6.54 Å². The molecule has 4 heterocycles. The smallest absolute Gasteiger partial charge is 0.237 e. The molecule has 1 aromatic rings. The van der Waals surface area contributed by atoms with Gasteiger partial charge in [-0.15, -0.1) is 10.2 Å². The van der Waals surface area contributed by atoms with Crippen molar-refractivity contribution in [3.05, 3.63) is 11.6 Å². The minimum Gasteiger partial charge on any atom is -0.376 e. The molecular weight excluding hydrogens is 356 g/mol. The van der Waals surface area contributed by atoms with Crippen LogP contribution < -0.4 is 5.32 Å². The lowest BCUT2D eigenvalue weighted by Crippen LogP contribution is -2.54. The lowest BCUT2D eigenvalue weighted by molar-refractivity contribution is -0.127. The fourth-order valence-electron chi connectivity index (χ4n) is 4.50. The fourth-order valence-corrected chi connectivity index (χ4v) is 4.50. The van der Waals surface area contributed by atoms with Crippen molar-refractivity contribution >= 4 is 5.91 Å². The molecule has 1 aromatic heterocycles. The highest BCUT2D eigenvalue weighted by Crippen LogP contribution is 2.17. The van der Waals surface area contributed by atoms with Crippen molar-refractivity contribution in [1.29, 1.82) is 0 Å². The van der Waals surface area contributed by atoms with Crippen LogP contribution in [0.25, 0.3) is 0 Å². The summed E-state index contributed by atoms with van der Waals surface area (Å²) in [5, 5.41) is 11.9. The zero-order valence-electron chi connectivity index (χ0n) is 17.1. The van der Waals surface area contributed by atoms with E-state index in [0.717, 1.165) is 76.8 Å². The number of ether oxygens (including phenoxy) is 1. The SMILES string of the molecule is C[C@@H](C(=O)NC[C@@H]1CCCO1)N1CCN(Cc2nnc3n2CCCCC3)CC1. The average molecular weight is 391 g/mol. The molecule has 4 rings (SSSR count). The lowest BCUT2D eigenvalue weighted by Gasteiger charge is -2.37. The Hall–Kier alpha value is -1.51. The number of aryl methyl sites for hydroxylation is 1. The lowest BCUT2D eigenvalue weighted by atomic mass is 10.2. The predicted molar refractivity (Wildman–Crippen MR) is 106 cm³/mol. The Kier molecular flexibility index (Phi) is 6.59. The van der Waals surface area contributed by atoms with Crippen molar-refractivity contribution in [2.75, 3.05) is 39.3 Å². The minimum absolute atomic E-state index is 0.0899. The third kappa shape index (κ3) is 4.72. The molecule has 156 valence electrons. The van der Waals surface area contributed by atoms with Crippen LogP contribution in [0.4, 0.5) is 0 Å². The highest BCUT2D eigenvalue weighted by molar-refractivity contribution is 5.81. The van der Waals surface area contributed by atoms with Crippen molar-refractivity contribution in [3.8, 4) is 0 Å². The third-order valence-corrected chi connectivity index (χ3v) is 6.41. The molecule has 3 aliphatic rings. The number of carbonyl (C=O) groups is 1. The van der Waals surface area contributed by atoms with Gasteiger partial charge in [0.25, 0.3) is 0 Å². The zero-order chi connectivity index (χ0) is 19.3. The number of rotatable bonds is 6. The van der Waals surface area contributed by atoms with E-state index in [9.17, 15) is 4.79 Å². The van der Waals surface area contributed by atoms with Gasteiger partial charge in [0.1, 0.15) is 11.6 Å². The van der Waals surface area contributed by atoms with Gasteiger partial charge < -0.3 is 14.6 Å². The highest BCUT2D eigenvalue weighted by Gasteiger charge is 2.27. The topological polar surface area (TPSA) is 75.5 Å². The quantitative estimate of drug-likeness (QED) is 0.775. The normalized spacial score (nSPS) is 25.2. The Labute approximate surface area is 167 Å². The summed E-state index contributed by atoms with van der Waals surface area (Å²) in [5.74, 6) is 2.38. The average Bonchev–Trinajstić information content (AvgIpc) is 3.31. The number of fused-ring (bicyclic) bond motifs is 1. The molecule has 8 nitrogen and oxygen atoms in total. The third-order valence-electron chi connectivity index (χ3n) is 6.41. The van der Waals surface area contributed by atoms with Crippen LogP contribution in [0.15, 0.2) is 0 Å². The van der Waals surface area contributed by atoms with Crippen molar-refractivity contribution in [1.82, 2.24) is 29.9 Å². The maximum Gasteiger partial charge on any atom is 0.237 e. The van der Waals surface area contributed by atoms with E-state index in [1.807, 2.05) is 6.92 Å². The van der Waals surface area contributed by atoms with Crippen molar-refractivity contribution in [2.24, 2.45) is 0 Å². The Balaban J connectivity index is 1.23. The van der Waals surface area contributed by atoms with Gasteiger partial charge in [0.05, 0.1) is 18.7 Å². The highest BCUT2D eigenvalue weighted by atomic mass is 16.5. The van der Waals surface area contributed by atoms with Gasteiger partial charge in [-0.2, -0.15) is 0 Å². The van der Waals surface area contributed by atoms with Gasteiger partial charge in [0.2, 0.25) is 5.91 Å². The van der Waals surface area contributed by atoms with Crippen molar-refractivity contribution in [2.45, 2.75) is 70.7 Å². The molecule has 2 atom stereocenters. The van der Waals surface area contributed by atoms with E-state index >= 15 is 0 Å². The van der Waals surface area contributed by atoms with Crippen LogP contribution in [-0.4, -0.2) is 81.9 Å². The number of piperazine rings is 1. The van der Waals surface area contributed by atoms with E-state index in [1.54, 1.807) is 0 Å². The zero-order valence-corrected chi connectivity index (χ0v) is 17.1. The number of nitrogens with one attached hydrogen (secondary N) is 1. The van der Waals surface area contributed by atoms with Gasteiger partial charge in [-0.05, 0) is 32.6 Å². The van der Waals surface area contributed by atoms with Gasteiger partial charge in [0, 0.05) is 52.3 Å². The first-order chi connectivity index (χ1) is 13.7. The summed E-state index contributed by atoms with van der Waals surface area (Å²) in [6.07, 6.45) is 7.15. The summed E-state index contributed by atoms with van der Waals surface area (Å²) in [6.45, 7) is 9.15. The Morgan fingerprint density at radius 2 is 2.00 bits per heavy atom. The van der Waals surface area contributed by atoms with E-state index in [2.05, 4.69) is 29.9 Å². The summed E-state index contributed by atoms with van der Waals surface area (Å²) < 4.78 is 7.93. The predicted octanol–water partition coefficient (Wildman–Crippen LogP) is 0.806. The molecular formula is C20H34N6O2. The molecule has 0 bridgehead atoms. The number of hydrogen-bond acceptors (Lipinski definition) is 6. The molecule has 0 unspecified atom stereocenters. The number of hydrogen-bond donors (Lipinski definition) is 1. The molecule has 3 aliphatic heterocycles. The van der Waals surface area contributed by atoms with E-state index in [4.69, 9.17) is 4.74 Å². The van der Waals surface area contributed by atoms with Gasteiger partial charge in [-0.3, -0.25) is 14.6 Å². The molecule has 0 radical (unpaired) electrons. The molecule has 28 heavy (non-hydrogen) atoms. The summed E-state index contributed by atoms with van der Waals surface area (Å²) in [4.78, 5) is 17.2. The summed E-state index contributed by atoms with van der Waals surface area (Å²) in [7, 11) is 0. The second-order valence-electron chi connectivity index (χ2n) is 8.36. The van der Waals surface area contributed by atoms with Crippen LogP contribution in [0, 0.1) is 0 Å². The first-order valence-corrected chi connectivity index (χ1v) is 11.0. The second kappa shape index (κ2) is 9.33. The molecule has 0 spiro atoms. The van der Waals surface area contributed by atoms with E-state index in [1.165, 1.54) is 19.3 Å². The molecule has 1 N–H and O–H groups in total. The molecule has 0 aliphatic carbocycles. The molecule has 0 aromatic carbocycles. The van der Waals surface area contributed by atoms with Crippen LogP contribution >= 0.6 is 0 Å². The number of aromatic nitrogens is 3. The Morgan fingerprint density at radius 3 is 2.79 bits per heavy atom. The molecule has 2 saturated heterocycles.